The van der Waals surface area contributed by atoms with Crippen molar-refractivity contribution in [3.05, 3.63) is 47.5 Å². The van der Waals surface area contributed by atoms with Gasteiger partial charge in [0.05, 0.1) is 29.2 Å². The first-order valence-electron chi connectivity index (χ1n) is 8.95. The van der Waals surface area contributed by atoms with Gasteiger partial charge < -0.3 is 20.5 Å². The van der Waals surface area contributed by atoms with Crippen LogP contribution in [0.4, 0.5) is 10.1 Å². The first-order valence-corrected chi connectivity index (χ1v) is 9.32. The van der Waals surface area contributed by atoms with Crippen LogP contribution in [0.5, 0.6) is 0 Å². The molecule has 0 bridgehead atoms. The highest BCUT2D eigenvalue weighted by molar-refractivity contribution is 6.31. The number of hydrogen-bond acceptors (Lipinski definition) is 4. The number of halogens is 2. The van der Waals surface area contributed by atoms with Crippen LogP contribution >= 0.6 is 11.6 Å². The summed E-state index contributed by atoms with van der Waals surface area (Å²) >= 11 is 6.11. The number of anilines is 1. The number of benzene rings is 1. The molecule has 2 aromatic heterocycles. The third-order valence-electron chi connectivity index (χ3n) is 5.33. The minimum absolute atomic E-state index is 0.248. The summed E-state index contributed by atoms with van der Waals surface area (Å²) in [6, 6.07) is 6.70. The zero-order valence-corrected chi connectivity index (χ0v) is 15.6. The topological polar surface area (TPSA) is 81.2 Å². The number of hydrogen-bond donors (Lipinski definition) is 4. The summed E-state index contributed by atoms with van der Waals surface area (Å²) in [7, 11) is 0. The summed E-state index contributed by atoms with van der Waals surface area (Å²) in [5, 5.41) is 25.3. The zero-order chi connectivity index (χ0) is 19.2. The second-order valence-corrected chi connectivity index (χ2v) is 7.82. The Labute approximate surface area is 161 Å². The maximum absolute atomic E-state index is 14.4. The fourth-order valence-electron chi connectivity index (χ4n) is 3.77. The second-order valence-electron chi connectivity index (χ2n) is 7.39. The molecule has 1 fully saturated rings. The molecule has 1 aromatic carbocycles. The quantitative estimate of drug-likeness (QED) is 0.543. The monoisotopic (exact) mass is 389 g/mol. The number of aromatic amines is 1. The molecular weight excluding hydrogens is 369 g/mol. The first-order chi connectivity index (χ1) is 12.8. The highest BCUT2D eigenvalue weighted by atomic mass is 35.5. The van der Waals surface area contributed by atoms with Crippen LogP contribution in [0.1, 0.15) is 26.2 Å². The van der Waals surface area contributed by atoms with Crippen molar-refractivity contribution >= 4 is 28.2 Å². The molecule has 0 radical (unpaired) electrons. The van der Waals surface area contributed by atoms with E-state index < -0.39 is 23.6 Å². The van der Waals surface area contributed by atoms with E-state index in [9.17, 15) is 14.6 Å². The van der Waals surface area contributed by atoms with E-state index in [0.717, 1.165) is 29.1 Å². The lowest BCUT2D eigenvalue weighted by Gasteiger charge is -2.40. The Kier molecular flexibility index (Phi) is 4.58. The van der Waals surface area contributed by atoms with E-state index in [-0.39, 0.29) is 5.69 Å². The Morgan fingerprint density at radius 3 is 3.00 bits per heavy atom. The maximum atomic E-state index is 14.4. The van der Waals surface area contributed by atoms with E-state index in [1.165, 1.54) is 0 Å². The summed E-state index contributed by atoms with van der Waals surface area (Å²) in [6.45, 7) is 1.61. The lowest BCUT2D eigenvalue weighted by Crippen LogP contribution is -2.53. The van der Waals surface area contributed by atoms with Crippen LogP contribution in [0, 0.1) is 5.82 Å². The van der Waals surface area contributed by atoms with Gasteiger partial charge in [-0.15, -0.1) is 0 Å². The van der Waals surface area contributed by atoms with Crippen LogP contribution in [0.3, 0.4) is 0 Å². The van der Waals surface area contributed by atoms with Gasteiger partial charge in [-0.1, -0.05) is 11.6 Å². The maximum Gasteiger partial charge on any atom is 0.164 e. The van der Waals surface area contributed by atoms with Gasteiger partial charge in [0.15, 0.2) is 5.82 Å². The summed E-state index contributed by atoms with van der Waals surface area (Å²) in [5.74, 6) is -0.506. The SMILES string of the molecule is C[C@@]1(O)CCCC(Nc2cc(-c3c[nH]c4ccc(Cl)cc34)ncc2F)[C@H]1O. The van der Waals surface area contributed by atoms with Gasteiger partial charge in [-0.05, 0) is 50.5 Å². The molecular formula is C20H21ClFN3O2. The molecule has 142 valence electrons. The first kappa shape index (κ1) is 18.2. The Hall–Kier alpha value is -2.15. The Morgan fingerprint density at radius 2 is 2.19 bits per heavy atom. The molecule has 1 unspecified atom stereocenters. The Balaban J connectivity index is 1.68. The molecule has 0 amide bonds. The predicted molar refractivity (Wildman–Crippen MR) is 104 cm³/mol. The number of pyridine rings is 1. The summed E-state index contributed by atoms with van der Waals surface area (Å²) in [4.78, 5) is 7.37. The van der Waals surface area contributed by atoms with Crippen molar-refractivity contribution in [2.24, 2.45) is 0 Å². The van der Waals surface area contributed by atoms with Crippen molar-refractivity contribution in [1.82, 2.24) is 9.97 Å². The summed E-state index contributed by atoms with van der Waals surface area (Å²) in [5.41, 5.74) is 1.37. The fraction of sp³-hybridized carbons (Fsp3) is 0.350. The van der Waals surface area contributed by atoms with Crippen molar-refractivity contribution < 1.29 is 14.6 Å². The average molecular weight is 390 g/mol. The Bertz CT molecular complexity index is 989. The lowest BCUT2D eigenvalue weighted by atomic mass is 9.80. The van der Waals surface area contributed by atoms with E-state index in [1.807, 2.05) is 18.3 Å². The van der Waals surface area contributed by atoms with Crippen molar-refractivity contribution in [2.75, 3.05) is 5.32 Å². The summed E-state index contributed by atoms with van der Waals surface area (Å²) in [6.07, 6.45) is 3.92. The average Bonchev–Trinajstić information content (AvgIpc) is 3.04. The van der Waals surface area contributed by atoms with Gasteiger partial charge in [0, 0.05) is 27.7 Å². The number of fused-ring (bicyclic) bond motifs is 1. The van der Waals surface area contributed by atoms with E-state index in [0.29, 0.717) is 23.6 Å². The minimum atomic E-state index is -1.18. The molecule has 1 saturated carbocycles. The van der Waals surface area contributed by atoms with Gasteiger partial charge >= 0.3 is 0 Å². The molecule has 4 rings (SSSR count). The fourth-order valence-corrected chi connectivity index (χ4v) is 3.94. The van der Waals surface area contributed by atoms with Gasteiger partial charge in [0.2, 0.25) is 0 Å². The smallest absolute Gasteiger partial charge is 0.164 e. The van der Waals surface area contributed by atoms with E-state index >= 15 is 0 Å². The number of nitrogens with zero attached hydrogens (tertiary/aromatic N) is 1. The van der Waals surface area contributed by atoms with Crippen LogP contribution in [-0.2, 0) is 0 Å². The van der Waals surface area contributed by atoms with Crippen LogP contribution < -0.4 is 5.32 Å². The number of aliphatic hydroxyl groups is 2. The van der Waals surface area contributed by atoms with E-state index in [1.54, 1.807) is 19.1 Å². The van der Waals surface area contributed by atoms with Gasteiger partial charge in [-0.2, -0.15) is 0 Å². The van der Waals surface area contributed by atoms with Crippen molar-refractivity contribution in [3.8, 4) is 11.3 Å². The van der Waals surface area contributed by atoms with E-state index in [4.69, 9.17) is 11.6 Å². The molecule has 2 heterocycles. The molecule has 3 atom stereocenters. The van der Waals surface area contributed by atoms with Gasteiger partial charge in [0.25, 0.3) is 0 Å². The van der Waals surface area contributed by atoms with Crippen LogP contribution in [0.25, 0.3) is 22.2 Å². The molecule has 0 aliphatic heterocycles. The molecule has 0 saturated heterocycles. The number of nitrogens with one attached hydrogen (secondary N) is 2. The molecule has 1 aliphatic carbocycles. The van der Waals surface area contributed by atoms with Crippen LogP contribution in [-0.4, -0.2) is 37.9 Å². The van der Waals surface area contributed by atoms with Crippen molar-refractivity contribution in [2.45, 2.75) is 43.9 Å². The second kappa shape index (κ2) is 6.78. The largest absolute Gasteiger partial charge is 0.388 e. The number of H-pyrrole nitrogens is 1. The molecule has 5 nitrogen and oxygen atoms in total. The highest BCUT2D eigenvalue weighted by Gasteiger charge is 2.40. The predicted octanol–water partition coefficient (Wildman–Crippen LogP) is 4.10. The molecule has 4 N–H and O–H groups in total. The van der Waals surface area contributed by atoms with Gasteiger partial charge in [-0.3, -0.25) is 4.98 Å². The molecule has 1 aliphatic rings. The summed E-state index contributed by atoms with van der Waals surface area (Å²) < 4.78 is 14.4. The lowest BCUT2D eigenvalue weighted by molar-refractivity contribution is -0.0918. The van der Waals surface area contributed by atoms with Crippen LogP contribution in [0.15, 0.2) is 36.7 Å². The van der Waals surface area contributed by atoms with Crippen molar-refractivity contribution in [3.63, 3.8) is 0 Å². The minimum Gasteiger partial charge on any atom is -0.388 e. The molecule has 0 spiro atoms. The number of aromatic nitrogens is 2. The van der Waals surface area contributed by atoms with Gasteiger partial charge in [0.1, 0.15) is 6.10 Å². The normalized spacial score (nSPS) is 25.7. The zero-order valence-electron chi connectivity index (χ0n) is 14.8. The molecule has 3 aromatic rings. The van der Waals surface area contributed by atoms with Crippen LogP contribution in [0.2, 0.25) is 5.02 Å². The van der Waals surface area contributed by atoms with Crippen molar-refractivity contribution in [1.29, 1.82) is 0 Å². The van der Waals surface area contributed by atoms with E-state index in [2.05, 4.69) is 15.3 Å². The standard InChI is InChI=1S/C20H21ClFN3O2/c1-20(27)6-2-3-16(19(20)26)25-18-8-17(24-10-14(18)22)13-9-23-15-5-4-11(21)7-12(13)15/h4-5,7-10,16,19,23,26-27H,2-3,6H2,1H3,(H,24,25)/t16?,19-,20-/m1/s1. The van der Waals surface area contributed by atoms with Gasteiger partial charge in [-0.25, -0.2) is 4.39 Å². The molecule has 27 heavy (non-hydrogen) atoms. The third kappa shape index (κ3) is 3.40. The highest BCUT2D eigenvalue weighted by Crippen LogP contribution is 2.34. The number of rotatable bonds is 3. The number of aliphatic hydroxyl groups excluding tert-OH is 1. The molecule has 7 heteroatoms. The third-order valence-corrected chi connectivity index (χ3v) is 5.57. The Morgan fingerprint density at radius 1 is 1.37 bits per heavy atom.